The summed E-state index contributed by atoms with van der Waals surface area (Å²) in [5.74, 6) is 0.451. The number of hydrogen-bond acceptors (Lipinski definition) is 3. The molecule has 1 amide bonds. The third kappa shape index (κ3) is 3.42. The highest BCUT2D eigenvalue weighted by Crippen LogP contribution is 2.24. The van der Waals surface area contributed by atoms with Crippen molar-refractivity contribution in [1.29, 1.82) is 0 Å². The molecule has 0 radical (unpaired) electrons. The van der Waals surface area contributed by atoms with Gasteiger partial charge in [-0.05, 0) is 44.6 Å². The van der Waals surface area contributed by atoms with Crippen LogP contribution in [0.25, 0.3) is 0 Å². The van der Waals surface area contributed by atoms with Gasteiger partial charge in [-0.25, -0.2) is 0 Å². The molecule has 4 nitrogen and oxygen atoms in total. The lowest BCUT2D eigenvalue weighted by Crippen LogP contribution is -2.51. The summed E-state index contributed by atoms with van der Waals surface area (Å²) in [6.07, 6.45) is 5.71. The third-order valence-electron chi connectivity index (χ3n) is 4.10. The molecule has 3 N–H and O–H groups in total. The van der Waals surface area contributed by atoms with Gasteiger partial charge >= 0.3 is 0 Å². The Morgan fingerprint density at radius 1 is 1.29 bits per heavy atom. The first-order valence-corrected chi connectivity index (χ1v) is 6.88. The SMILES string of the molecule is C[C@@H]1C[C@@H](NC(=O)C2CCCCN2)CCC1O. The van der Waals surface area contributed by atoms with Crippen LogP contribution >= 0.6 is 0 Å². The molecule has 1 saturated carbocycles. The van der Waals surface area contributed by atoms with Gasteiger partial charge in [0.1, 0.15) is 0 Å². The summed E-state index contributed by atoms with van der Waals surface area (Å²) in [4.78, 5) is 12.0. The first-order chi connectivity index (χ1) is 8.16. The lowest BCUT2D eigenvalue weighted by Gasteiger charge is -2.33. The van der Waals surface area contributed by atoms with E-state index in [0.29, 0.717) is 5.92 Å². The van der Waals surface area contributed by atoms with Gasteiger partial charge in [0.05, 0.1) is 12.1 Å². The first kappa shape index (κ1) is 12.8. The Hall–Kier alpha value is -0.610. The topological polar surface area (TPSA) is 61.4 Å². The molecule has 0 spiro atoms. The molecule has 2 unspecified atom stereocenters. The van der Waals surface area contributed by atoms with Crippen molar-refractivity contribution >= 4 is 5.91 Å². The van der Waals surface area contributed by atoms with Crippen molar-refractivity contribution in [3.63, 3.8) is 0 Å². The molecule has 2 fully saturated rings. The van der Waals surface area contributed by atoms with Crippen LogP contribution in [0.15, 0.2) is 0 Å². The van der Waals surface area contributed by atoms with Crippen LogP contribution in [0.1, 0.15) is 45.4 Å². The van der Waals surface area contributed by atoms with Gasteiger partial charge in [-0.3, -0.25) is 4.79 Å². The summed E-state index contributed by atoms with van der Waals surface area (Å²) in [6.45, 7) is 3.01. The second-order valence-corrected chi connectivity index (χ2v) is 5.57. The minimum atomic E-state index is -0.184. The Kier molecular flexibility index (Phi) is 4.40. The van der Waals surface area contributed by atoms with Crippen LogP contribution in [0.2, 0.25) is 0 Å². The van der Waals surface area contributed by atoms with Crippen molar-refractivity contribution in [2.45, 2.75) is 63.6 Å². The van der Waals surface area contributed by atoms with E-state index in [1.807, 2.05) is 0 Å². The minimum Gasteiger partial charge on any atom is -0.393 e. The van der Waals surface area contributed by atoms with Gasteiger partial charge in [-0.1, -0.05) is 13.3 Å². The van der Waals surface area contributed by atoms with E-state index in [2.05, 4.69) is 17.6 Å². The number of aliphatic hydroxyl groups is 1. The molecule has 1 aliphatic carbocycles. The molecule has 0 aromatic heterocycles. The maximum absolute atomic E-state index is 12.0. The fourth-order valence-corrected chi connectivity index (χ4v) is 2.89. The zero-order valence-electron chi connectivity index (χ0n) is 10.6. The minimum absolute atomic E-state index is 0.00547. The van der Waals surface area contributed by atoms with Gasteiger partial charge in [-0.2, -0.15) is 0 Å². The third-order valence-corrected chi connectivity index (χ3v) is 4.10. The number of carbonyl (C=O) groups excluding carboxylic acids is 1. The Labute approximate surface area is 103 Å². The molecule has 98 valence electrons. The molecule has 1 aliphatic heterocycles. The van der Waals surface area contributed by atoms with Gasteiger partial charge in [0.15, 0.2) is 0 Å². The standard InChI is InChI=1S/C13H24N2O2/c1-9-8-10(5-6-12(9)16)15-13(17)11-4-2-3-7-14-11/h9-12,14,16H,2-8H2,1H3,(H,15,17)/t9-,10+,11?,12?/m1/s1. The van der Waals surface area contributed by atoms with Crippen LogP contribution in [0.4, 0.5) is 0 Å². The van der Waals surface area contributed by atoms with Crippen LogP contribution in [-0.2, 0) is 4.79 Å². The summed E-state index contributed by atoms with van der Waals surface area (Å²) < 4.78 is 0. The van der Waals surface area contributed by atoms with Crippen molar-refractivity contribution in [3.05, 3.63) is 0 Å². The van der Waals surface area contributed by atoms with Crippen LogP contribution in [0.3, 0.4) is 0 Å². The molecule has 0 aromatic carbocycles. The Balaban J connectivity index is 1.78. The highest BCUT2D eigenvalue weighted by atomic mass is 16.3. The number of carbonyl (C=O) groups is 1. The lowest BCUT2D eigenvalue weighted by atomic mass is 9.84. The predicted octanol–water partition coefficient (Wildman–Crippen LogP) is 0.794. The summed E-state index contributed by atoms with van der Waals surface area (Å²) in [5.41, 5.74) is 0. The summed E-state index contributed by atoms with van der Waals surface area (Å²) in [6, 6.07) is 0.260. The fraction of sp³-hybridized carbons (Fsp3) is 0.923. The van der Waals surface area contributed by atoms with Crippen molar-refractivity contribution < 1.29 is 9.90 Å². The van der Waals surface area contributed by atoms with Crippen molar-refractivity contribution in [3.8, 4) is 0 Å². The van der Waals surface area contributed by atoms with E-state index in [-0.39, 0.29) is 24.1 Å². The normalized spacial score (nSPS) is 38.7. The van der Waals surface area contributed by atoms with Crippen molar-refractivity contribution in [1.82, 2.24) is 10.6 Å². The monoisotopic (exact) mass is 240 g/mol. The van der Waals surface area contributed by atoms with Crippen molar-refractivity contribution in [2.24, 2.45) is 5.92 Å². The molecule has 2 rings (SSSR count). The lowest BCUT2D eigenvalue weighted by molar-refractivity contribution is -0.125. The molecular weight excluding hydrogens is 216 g/mol. The average Bonchev–Trinajstić information content (AvgIpc) is 2.35. The molecule has 4 heteroatoms. The summed E-state index contributed by atoms with van der Waals surface area (Å²) in [7, 11) is 0. The Bertz CT molecular complexity index is 264. The molecule has 1 heterocycles. The maximum atomic E-state index is 12.0. The largest absolute Gasteiger partial charge is 0.393 e. The maximum Gasteiger partial charge on any atom is 0.237 e. The van der Waals surface area contributed by atoms with Gasteiger partial charge in [0.2, 0.25) is 5.91 Å². The van der Waals surface area contributed by atoms with Gasteiger partial charge in [-0.15, -0.1) is 0 Å². The van der Waals surface area contributed by atoms with Gasteiger partial charge in [0, 0.05) is 6.04 Å². The number of aliphatic hydroxyl groups excluding tert-OH is 1. The van der Waals surface area contributed by atoms with E-state index in [1.54, 1.807) is 0 Å². The molecule has 0 aromatic rings. The predicted molar refractivity (Wildman–Crippen MR) is 66.6 cm³/mol. The Morgan fingerprint density at radius 3 is 2.76 bits per heavy atom. The summed E-state index contributed by atoms with van der Waals surface area (Å²) >= 11 is 0. The van der Waals surface area contributed by atoms with E-state index >= 15 is 0 Å². The molecular formula is C13H24N2O2. The number of nitrogens with one attached hydrogen (secondary N) is 2. The van der Waals surface area contributed by atoms with E-state index in [0.717, 1.165) is 38.6 Å². The summed E-state index contributed by atoms with van der Waals surface area (Å²) in [5, 5.41) is 16.0. The highest BCUT2D eigenvalue weighted by molar-refractivity contribution is 5.82. The van der Waals surface area contributed by atoms with Gasteiger partial charge in [0.25, 0.3) is 0 Å². The van der Waals surface area contributed by atoms with Gasteiger partial charge < -0.3 is 15.7 Å². The molecule has 0 bridgehead atoms. The zero-order valence-corrected chi connectivity index (χ0v) is 10.6. The number of hydrogen-bond donors (Lipinski definition) is 3. The van der Waals surface area contributed by atoms with Crippen LogP contribution in [0.5, 0.6) is 0 Å². The number of rotatable bonds is 2. The fourth-order valence-electron chi connectivity index (χ4n) is 2.89. The second-order valence-electron chi connectivity index (χ2n) is 5.57. The number of piperidine rings is 1. The second kappa shape index (κ2) is 5.83. The molecule has 1 saturated heterocycles. The average molecular weight is 240 g/mol. The van der Waals surface area contributed by atoms with Crippen LogP contribution in [0, 0.1) is 5.92 Å². The molecule has 4 atom stereocenters. The van der Waals surface area contributed by atoms with Crippen LogP contribution in [-0.4, -0.2) is 35.7 Å². The quantitative estimate of drug-likeness (QED) is 0.669. The van der Waals surface area contributed by atoms with E-state index in [9.17, 15) is 9.90 Å². The van der Waals surface area contributed by atoms with Crippen LogP contribution < -0.4 is 10.6 Å². The highest BCUT2D eigenvalue weighted by Gasteiger charge is 2.29. The molecule has 2 aliphatic rings. The van der Waals surface area contributed by atoms with Crippen molar-refractivity contribution in [2.75, 3.05) is 6.54 Å². The van der Waals surface area contributed by atoms with E-state index in [1.165, 1.54) is 6.42 Å². The first-order valence-electron chi connectivity index (χ1n) is 6.88. The smallest absolute Gasteiger partial charge is 0.237 e. The molecule has 17 heavy (non-hydrogen) atoms. The van der Waals surface area contributed by atoms with E-state index < -0.39 is 0 Å². The zero-order chi connectivity index (χ0) is 12.3. The number of amides is 1. The van der Waals surface area contributed by atoms with E-state index in [4.69, 9.17) is 0 Å². The Morgan fingerprint density at radius 2 is 2.12 bits per heavy atom.